The van der Waals surface area contributed by atoms with E-state index >= 15 is 0 Å². The summed E-state index contributed by atoms with van der Waals surface area (Å²) in [5, 5.41) is 0. The van der Waals surface area contributed by atoms with Crippen molar-refractivity contribution >= 4 is 13.3 Å². The van der Waals surface area contributed by atoms with Gasteiger partial charge in [-0.1, -0.05) is 29.7 Å². The summed E-state index contributed by atoms with van der Waals surface area (Å²) in [6.07, 6.45) is 3.52. The fourth-order valence-electron chi connectivity index (χ4n) is 2.09. The van der Waals surface area contributed by atoms with E-state index in [0.717, 1.165) is 18.3 Å². The van der Waals surface area contributed by atoms with Crippen LogP contribution >= 0.6 is 0 Å². The Hall–Kier alpha value is -0.755. The molecule has 1 aliphatic rings. The van der Waals surface area contributed by atoms with Gasteiger partial charge in [-0.3, -0.25) is 0 Å². The molecule has 2 radical (unpaired) electrons. The van der Waals surface area contributed by atoms with Crippen LogP contribution in [0.15, 0.2) is 24.3 Å². The van der Waals surface area contributed by atoms with Gasteiger partial charge in [-0.05, 0) is 30.7 Å². The molecule has 1 saturated carbocycles. The highest BCUT2D eigenvalue weighted by Gasteiger charge is 2.22. The zero-order chi connectivity index (χ0) is 9.26. The lowest BCUT2D eigenvalue weighted by Crippen LogP contribution is -2.14. The number of nitrogens with two attached hydrogens (primary N) is 1. The van der Waals surface area contributed by atoms with E-state index in [2.05, 4.69) is 12.1 Å². The Balaban J connectivity index is 2.13. The molecule has 0 saturated heterocycles. The average molecular weight is 171 g/mol. The summed E-state index contributed by atoms with van der Waals surface area (Å²) >= 11 is 0. The molecule has 2 atom stereocenters. The third-order valence-electron chi connectivity index (χ3n) is 2.88. The Morgan fingerprint density at radius 1 is 1.15 bits per heavy atom. The molecule has 1 aliphatic carbocycles. The van der Waals surface area contributed by atoms with Crippen molar-refractivity contribution in [3.8, 4) is 0 Å². The minimum absolute atomic E-state index is 0.405. The monoisotopic (exact) mass is 171 g/mol. The smallest absolute Gasteiger partial charge is 0.113 e. The highest BCUT2D eigenvalue weighted by molar-refractivity contribution is 6.32. The maximum atomic E-state index is 5.87. The van der Waals surface area contributed by atoms with E-state index in [1.165, 1.54) is 12.0 Å². The summed E-state index contributed by atoms with van der Waals surface area (Å²) in [4.78, 5) is 0. The second kappa shape index (κ2) is 3.55. The normalized spacial score (nSPS) is 27.8. The maximum Gasteiger partial charge on any atom is 0.113 e. The summed E-state index contributed by atoms with van der Waals surface area (Å²) < 4.78 is 0. The molecule has 0 spiro atoms. The molecule has 0 aromatic heterocycles. The van der Waals surface area contributed by atoms with Crippen LogP contribution < -0.4 is 11.2 Å². The maximum absolute atomic E-state index is 5.87. The quantitative estimate of drug-likeness (QED) is 0.628. The molecule has 66 valence electrons. The Labute approximate surface area is 80.7 Å². The molecule has 13 heavy (non-hydrogen) atoms. The zero-order valence-corrected chi connectivity index (χ0v) is 7.74. The average Bonchev–Trinajstić information content (AvgIpc) is 2.53. The molecule has 1 aromatic carbocycles. The van der Waals surface area contributed by atoms with Gasteiger partial charge in [0.05, 0.1) is 0 Å². The van der Waals surface area contributed by atoms with Crippen molar-refractivity contribution in [3.05, 3.63) is 29.8 Å². The lowest BCUT2D eigenvalue weighted by Gasteiger charge is -2.09. The van der Waals surface area contributed by atoms with Crippen LogP contribution in [0.1, 0.15) is 30.7 Å². The Kier molecular flexibility index (Phi) is 2.41. The summed E-state index contributed by atoms with van der Waals surface area (Å²) in [5.74, 6) is 0.663. The zero-order valence-electron chi connectivity index (χ0n) is 7.74. The first-order valence-electron chi connectivity index (χ1n) is 4.87. The number of hydrogen-bond donors (Lipinski definition) is 1. The number of rotatable bonds is 1. The van der Waals surface area contributed by atoms with E-state index < -0.39 is 0 Å². The third kappa shape index (κ3) is 1.94. The molecule has 0 heterocycles. The first-order chi connectivity index (χ1) is 6.25. The topological polar surface area (TPSA) is 26.0 Å². The molecule has 2 heteroatoms. The van der Waals surface area contributed by atoms with Gasteiger partial charge in [0.1, 0.15) is 7.85 Å². The van der Waals surface area contributed by atoms with Gasteiger partial charge in [-0.15, -0.1) is 0 Å². The standard InChI is InChI=1S/C11H14BN/c12-10-4-1-8(2-5-10)9-3-6-11(13)7-9/h1-2,4-5,9,11H,3,6-7,13H2/t9-,11?/m1/s1. The van der Waals surface area contributed by atoms with E-state index in [-0.39, 0.29) is 0 Å². The lowest BCUT2D eigenvalue weighted by molar-refractivity contribution is 0.675. The molecular weight excluding hydrogens is 157 g/mol. The van der Waals surface area contributed by atoms with Gasteiger partial charge in [0.2, 0.25) is 0 Å². The Bertz CT molecular complexity index is 281. The van der Waals surface area contributed by atoms with Crippen molar-refractivity contribution in [2.24, 2.45) is 5.73 Å². The van der Waals surface area contributed by atoms with Gasteiger partial charge >= 0.3 is 0 Å². The van der Waals surface area contributed by atoms with E-state index in [0.29, 0.717) is 12.0 Å². The molecule has 1 fully saturated rings. The summed E-state index contributed by atoms with van der Waals surface area (Å²) in [5.41, 5.74) is 8.10. The van der Waals surface area contributed by atoms with Crippen LogP contribution in [0.3, 0.4) is 0 Å². The first kappa shape index (κ1) is 8.83. The second-order valence-electron chi connectivity index (χ2n) is 3.94. The molecule has 0 aliphatic heterocycles. The van der Waals surface area contributed by atoms with E-state index in [1.807, 2.05) is 12.1 Å². The molecular formula is C11H14BN. The minimum Gasteiger partial charge on any atom is -0.328 e. The largest absolute Gasteiger partial charge is 0.328 e. The van der Waals surface area contributed by atoms with Crippen LogP contribution in [0.2, 0.25) is 0 Å². The van der Waals surface area contributed by atoms with Gasteiger partial charge in [0.25, 0.3) is 0 Å². The highest BCUT2D eigenvalue weighted by atomic mass is 14.6. The summed E-state index contributed by atoms with van der Waals surface area (Å²) in [6, 6.07) is 8.59. The van der Waals surface area contributed by atoms with Crippen molar-refractivity contribution in [3.63, 3.8) is 0 Å². The van der Waals surface area contributed by atoms with Gasteiger partial charge in [0.15, 0.2) is 0 Å². The predicted molar refractivity (Wildman–Crippen MR) is 56.4 cm³/mol. The van der Waals surface area contributed by atoms with Crippen LogP contribution in [0.4, 0.5) is 0 Å². The van der Waals surface area contributed by atoms with Crippen molar-refractivity contribution in [2.75, 3.05) is 0 Å². The predicted octanol–water partition coefficient (Wildman–Crippen LogP) is 1.08. The van der Waals surface area contributed by atoms with Crippen molar-refractivity contribution in [2.45, 2.75) is 31.2 Å². The van der Waals surface area contributed by atoms with Crippen LogP contribution in [0, 0.1) is 0 Å². The van der Waals surface area contributed by atoms with Gasteiger partial charge in [-0.2, -0.15) is 0 Å². The molecule has 1 nitrogen and oxygen atoms in total. The molecule has 1 aromatic rings. The van der Waals surface area contributed by atoms with E-state index in [9.17, 15) is 0 Å². The minimum atomic E-state index is 0.405. The Morgan fingerprint density at radius 3 is 2.38 bits per heavy atom. The second-order valence-corrected chi connectivity index (χ2v) is 3.94. The fourth-order valence-corrected chi connectivity index (χ4v) is 2.09. The van der Waals surface area contributed by atoms with Crippen molar-refractivity contribution in [1.82, 2.24) is 0 Å². The summed E-state index contributed by atoms with van der Waals surface area (Å²) in [6.45, 7) is 0. The Morgan fingerprint density at radius 2 is 1.85 bits per heavy atom. The molecule has 0 bridgehead atoms. The molecule has 2 N–H and O–H groups in total. The molecule has 1 unspecified atom stereocenters. The SMILES string of the molecule is [B]c1ccc([C@@H]2CCC(N)C2)cc1. The van der Waals surface area contributed by atoms with Gasteiger partial charge < -0.3 is 5.73 Å². The van der Waals surface area contributed by atoms with Crippen molar-refractivity contribution in [1.29, 1.82) is 0 Å². The van der Waals surface area contributed by atoms with Gasteiger partial charge in [-0.25, -0.2) is 0 Å². The molecule has 2 rings (SSSR count). The summed E-state index contributed by atoms with van der Waals surface area (Å²) in [7, 11) is 5.63. The van der Waals surface area contributed by atoms with Crippen molar-refractivity contribution < 1.29 is 0 Å². The first-order valence-corrected chi connectivity index (χ1v) is 4.87. The van der Waals surface area contributed by atoms with Gasteiger partial charge in [0, 0.05) is 6.04 Å². The van der Waals surface area contributed by atoms with Crippen LogP contribution in [0.25, 0.3) is 0 Å². The third-order valence-corrected chi connectivity index (χ3v) is 2.88. The lowest BCUT2D eigenvalue weighted by atomic mass is 9.91. The highest BCUT2D eigenvalue weighted by Crippen LogP contribution is 2.32. The van der Waals surface area contributed by atoms with E-state index in [1.54, 1.807) is 0 Å². The van der Waals surface area contributed by atoms with Crippen LogP contribution in [-0.2, 0) is 0 Å². The van der Waals surface area contributed by atoms with Crippen LogP contribution in [0.5, 0.6) is 0 Å². The molecule has 0 amide bonds. The van der Waals surface area contributed by atoms with Crippen LogP contribution in [-0.4, -0.2) is 13.9 Å². The number of benzene rings is 1. The van der Waals surface area contributed by atoms with E-state index in [4.69, 9.17) is 13.6 Å². The fraction of sp³-hybridized carbons (Fsp3) is 0.455. The number of hydrogen-bond acceptors (Lipinski definition) is 1.